The Morgan fingerprint density at radius 1 is 1.50 bits per heavy atom. The molecule has 1 aromatic rings. The van der Waals surface area contributed by atoms with Crippen LogP contribution < -0.4 is 5.32 Å². The zero-order chi connectivity index (χ0) is 13.6. The number of hydrogen-bond donors (Lipinski definition) is 1. The Labute approximate surface area is 113 Å². The third-order valence-electron chi connectivity index (χ3n) is 2.03. The van der Waals surface area contributed by atoms with E-state index in [0.29, 0.717) is 5.75 Å². The number of ether oxygens (including phenoxy) is 1. The summed E-state index contributed by atoms with van der Waals surface area (Å²) in [7, 11) is 1.84. The third kappa shape index (κ3) is 5.40. The maximum Gasteiger partial charge on any atom is 0.316 e. The van der Waals surface area contributed by atoms with Gasteiger partial charge in [-0.15, -0.1) is 11.8 Å². The summed E-state index contributed by atoms with van der Waals surface area (Å²) in [6.07, 6.45) is 1.74. The molecule has 0 saturated carbocycles. The Morgan fingerprint density at radius 2 is 2.22 bits per heavy atom. The highest BCUT2D eigenvalue weighted by molar-refractivity contribution is 7.99. The van der Waals surface area contributed by atoms with E-state index in [1.807, 2.05) is 40.0 Å². The van der Waals surface area contributed by atoms with Gasteiger partial charge < -0.3 is 10.1 Å². The average Bonchev–Trinajstić information content (AvgIpc) is 2.27. The number of nitrogens with zero attached hydrogens (tertiary/aromatic N) is 1. The zero-order valence-electron chi connectivity index (χ0n) is 11.3. The van der Waals surface area contributed by atoms with E-state index in [0.717, 1.165) is 17.1 Å². The Hall–Kier alpha value is -1.23. The van der Waals surface area contributed by atoms with Gasteiger partial charge in [0.1, 0.15) is 11.4 Å². The number of aromatic nitrogens is 1. The van der Waals surface area contributed by atoms with Crippen LogP contribution in [-0.2, 0) is 15.3 Å². The number of anilines is 1. The molecule has 0 fully saturated rings. The second kappa shape index (κ2) is 6.64. The first kappa shape index (κ1) is 14.8. The standard InChI is InChI=1S/C13H20N2O2S/c1-13(2,3)17-11(16)9-18-8-10-6-5-7-15-12(10)14-4/h5-7H,8-9H2,1-4H3,(H,14,15). The lowest BCUT2D eigenvalue weighted by atomic mass is 10.2. The minimum Gasteiger partial charge on any atom is -0.459 e. The molecule has 0 spiro atoms. The first-order chi connectivity index (χ1) is 8.42. The SMILES string of the molecule is CNc1ncccc1CSCC(=O)OC(C)(C)C. The first-order valence-corrected chi connectivity index (χ1v) is 6.99. The quantitative estimate of drug-likeness (QED) is 0.832. The molecule has 100 valence electrons. The number of thioether (sulfide) groups is 1. The summed E-state index contributed by atoms with van der Waals surface area (Å²) in [6.45, 7) is 5.61. The minimum absolute atomic E-state index is 0.178. The van der Waals surface area contributed by atoms with Gasteiger partial charge in [-0.25, -0.2) is 4.98 Å². The van der Waals surface area contributed by atoms with Crippen LogP contribution in [0.2, 0.25) is 0 Å². The van der Waals surface area contributed by atoms with E-state index >= 15 is 0 Å². The van der Waals surface area contributed by atoms with Gasteiger partial charge in [-0.2, -0.15) is 0 Å². The number of carbonyl (C=O) groups excluding carboxylic acids is 1. The lowest BCUT2D eigenvalue weighted by molar-refractivity contribution is -0.151. The monoisotopic (exact) mass is 268 g/mol. The molecule has 0 aliphatic carbocycles. The van der Waals surface area contributed by atoms with Gasteiger partial charge in [0, 0.05) is 24.6 Å². The average molecular weight is 268 g/mol. The molecular weight excluding hydrogens is 248 g/mol. The molecule has 0 saturated heterocycles. The van der Waals surface area contributed by atoms with Crippen LogP contribution in [0.5, 0.6) is 0 Å². The van der Waals surface area contributed by atoms with Crippen LogP contribution in [-0.4, -0.2) is 29.4 Å². The van der Waals surface area contributed by atoms with Crippen molar-refractivity contribution in [3.05, 3.63) is 23.9 Å². The predicted molar refractivity (Wildman–Crippen MR) is 75.8 cm³/mol. The Balaban J connectivity index is 2.40. The molecule has 0 aromatic carbocycles. The molecule has 0 aliphatic heterocycles. The topological polar surface area (TPSA) is 51.2 Å². The highest BCUT2D eigenvalue weighted by atomic mass is 32.2. The van der Waals surface area contributed by atoms with Crippen molar-refractivity contribution < 1.29 is 9.53 Å². The van der Waals surface area contributed by atoms with Crippen molar-refractivity contribution in [2.45, 2.75) is 32.1 Å². The van der Waals surface area contributed by atoms with E-state index < -0.39 is 5.60 Å². The highest BCUT2D eigenvalue weighted by Crippen LogP contribution is 2.19. The second-order valence-corrected chi connectivity index (χ2v) is 5.83. The van der Waals surface area contributed by atoms with Crippen LogP contribution >= 0.6 is 11.8 Å². The zero-order valence-corrected chi connectivity index (χ0v) is 12.1. The van der Waals surface area contributed by atoms with E-state index in [-0.39, 0.29) is 5.97 Å². The van der Waals surface area contributed by atoms with E-state index in [9.17, 15) is 4.79 Å². The van der Waals surface area contributed by atoms with Gasteiger partial charge in [-0.05, 0) is 26.8 Å². The fourth-order valence-corrected chi connectivity index (χ4v) is 2.18. The number of pyridine rings is 1. The Bertz CT molecular complexity index is 402. The van der Waals surface area contributed by atoms with Crippen molar-refractivity contribution >= 4 is 23.5 Å². The minimum atomic E-state index is -0.415. The Morgan fingerprint density at radius 3 is 2.83 bits per heavy atom. The lowest BCUT2D eigenvalue weighted by Crippen LogP contribution is -2.24. The van der Waals surface area contributed by atoms with Gasteiger partial charge in [0.25, 0.3) is 0 Å². The maximum atomic E-state index is 11.5. The number of esters is 1. The van der Waals surface area contributed by atoms with Crippen molar-refractivity contribution in [1.29, 1.82) is 0 Å². The van der Waals surface area contributed by atoms with Crippen LogP contribution in [0.25, 0.3) is 0 Å². The molecule has 0 atom stereocenters. The smallest absolute Gasteiger partial charge is 0.316 e. The van der Waals surface area contributed by atoms with Crippen molar-refractivity contribution in [2.75, 3.05) is 18.1 Å². The van der Waals surface area contributed by atoms with E-state index in [4.69, 9.17) is 4.74 Å². The lowest BCUT2D eigenvalue weighted by Gasteiger charge is -2.19. The van der Waals surface area contributed by atoms with E-state index in [1.54, 1.807) is 6.20 Å². The van der Waals surface area contributed by atoms with Crippen molar-refractivity contribution in [2.24, 2.45) is 0 Å². The summed E-state index contributed by atoms with van der Waals surface area (Å²) in [6, 6.07) is 3.89. The van der Waals surface area contributed by atoms with Crippen LogP contribution in [0.3, 0.4) is 0 Å². The fourth-order valence-electron chi connectivity index (χ4n) is 1.40. The summed E-state index contributed by atoms with van der Waals surface area (Å²) in [4.78, 5) is 15.7. The van der Waals surface area contributed by atoms with Gasteiger partial charge in [0.2, 0.25) is 0 Å². The van der Waals surface area contributed by atoms with Gasteiger partial charge in [-0.1, -0.05) is 6.07 Å². The molecule has 4 nitrogen and oxygen atoms in total. The number of rotatable bonds is 5. The van der Waals surface area contributed by atoms with Crippen LogP contribution in [0.1, 0.15) is 26.3 Å². The third-order valence-corrected chi connectivity index (χ3v) is 2.98. The van der Waals surface area contributed by atoms with Gasteiger partial charge >= 0.3 is 5.97 Å². The predicted octanol–water partition coefficient (Wildman–Crippen LogP) is 2.70. The molecule has 1 heterocycles. The van der Waals surface area contributed by atoms with Crippen molar-refractivity contribution in [1.82, 2.24) is 4.98 Å². The van der Waals surface area contributed by atoms with Crippen molar-refractivity contribution in [3.63, 3.8) is 0 Å². The molecule has 0 amide bonds. The molecule has 0 radical (unpaired) electrons. The number of carbonyl (C=O) groups is 1. The van der Waals surface area contributed by atoms with Gasteiger partial charge in [0.15, 0.2) is 0 Å². The molecule has 1 rings (SSSR count). The van der Waals surface area contributed by atoms with Gasteiger partial charge in [0.05, 0.1) is 5.75 Å². The van der Waals surface area contributed by atoms with Gasteiger partial charge in [-0.3, -0.25) is 4.79 Å². The highest BCUT2D eigenvalue weighted by Gasteiger charge is 2.16. The molecule has 0 bridgehead atoms. The largest absolute Gasteiger partial charge is 0.459 e. The van der Waals surface area contributed by atoms with Crippen molar-refractivity contribution in [3.8, 4) is 0 Å². The summed E-state index contributed by atoms with van der Waals surface area (Å²) in [5.74, 6) is 1.77. The molecule has 0 unspecified atom stereocenters. The van der Waals surface area contributed by atoms with Crippen LogP contribution in [0.4, 0.5) is 5.82 Å². The molecule has 18 heavy (non-hydrogen) atoms. The fraction of sp³-hybridized carbons (Fsp3) is 0.538. The van der Waals surface area contributed by atoms with E-state index in [2.05, 4.69) is 10.3 Å². The maximum absolute atomic E-state index is 11.5. The molecule has 0 aliphatic rings. The normalized spacial score (nSPS) is 11.1. The first-order valence-electron chi connectivity index (χ1n) is 5.83. The summed E-state index contributed by atoms with van der Waals surface area (Å²) < 4.78 is 5.24. The summed E-state index contributed by atoms with van der Waals surface area (Å²) in [5.41, 5.74) is 0.677. The molecule has 1 N–H and O–H groups in total. The molecule has 5 heteroatoms. The second-order valence-electron chi connectivity index (χ2n) is 4.84. The number of hydrogen-bond acceptors (Lipinski definition) is 5. The number of nitrogens with one attached hydrogen (secondary N) is 1. The Kier molecular flexibility index (Phi) is 5.47. The molecule has 1 aromatic heterocycles. The van der Waals surface area contributed by atoms with E-state index in [1.165, 1.54) is 11.8 Å². The summed E-state index contributed by atoms with van der Waals surface area (Å²) >= 11 is 1.53. The summed E-state index contributed by atoms with van der Waals surface area (Å²) in [5, 5.41) is 3.03. The van der Waals surface area contributed by atoms with Crippen LogP contribution in [0, 0.1) is 0 Å². The molecular formula is C13H20N2O2S. The van der Waals surface area contributed by atoms with Crippen LogP contribution in [0.15, 0.2) is 18.3 Å².